The molecule has 0 saturated heterocycles. The van der Waals surface area contributed by atoms with E-state index in [1.54, 1.807) is 45.3 Å². The zero-order valence-electron chi connectivity index (χ0n) is 13.2. The first-order valence-electron chi connectivity index (χ1n) is 7.07. The predicted octanol–water partition coefficient (Wildman–Crippen LogP) is 2.40. The van der Waals surface area contributed by atoms with Gasteiger partial charge in [-0.3, -0.25) is 14.6 Å². The van der Waals surface area contributed by atoms with E-state index in [9.17, 15) is 14.4 Å². The molecule has 0 unspecified atom stereocenters. The monoisotopic (exact) mass is 363 g/mol. The number of benzene rings is 1. The quantitative estimate of drug-likeness (QED) is 0.759. The molecule has 3 rings (SSSR count). The molecule has 1 amide bonds. The SMILES string of the molecule is Cc1c(C(=O)N(C)C)sc2[nH]c(=O)n(-c3ccc(Cl)cc3)c(=O)c12. The topological polar surface area (TPSA) is 75.2 Å². The first-order valence-corrected chi connectivity index (χ1v) is 8.26. The fraction of sp³-hybridized carbons (Fsp3) is 0.188. The second-order valence-corrected chi connectivity index (χ2v) is 6.96. The summed E-state index contributed by atoms with van der Waals surface area (Å²) in [4.78, 5) is 42.4. The number of aromatic amines is 1. The Hall–Kier alpha value is -2.38. The summed E-state index contributed by atoms with van der Waals surface area (Å²) in [6.07, 6.45) is 0. The van der Waals surface area contributed by atoms with Gasteiger partial charge in [-0.1, -0.05) is 11.6 Å². The Balaban J connectivity index is 2.33. The molecule has 0 aliphatic carbocycles. The van der Waals surface area contributed by atoms with Crippen LogP contribution in [0.15, 0.2) is 33.9 Å². The number of carbonyl (C=O) groups is 1. The van der Waals surface area contributed by atoms with Gasteiger partial charge in [-0.25, -0.2) is 9.36 Å². The average molecular weight is 364 g/mol. The molecular weight excluding hydrogens is 350 g/mol. The van der Waals surface area contributed by atoms with Crippen LogP contribution < -0.4 is 11.2 Å². The van der Waals surface area contributed by atoms with Gasteiger partial charge in [0.25, 0.3) is 11.5 Å². The van der Waals surface area contributed by atoms with Crippen LogP contribution in [0.2, 0.25) is 5.02 Å². The standard InChI is InChI=1S/C16H14ClN3O3S/c1-8-11-13(24-12(8)15(22)19(2)3)18-16(23)20(14(11)21)10-6-4-9(17)5-7-10/h4-7H,1-3H3,(H,18,23). The van der Waals surface area contributed by atoms with Crippen molar-refractivity contribution in [1.29, 1.82) is 0 Å². The van der Waals surface area contributed by atoms with Crippen LogP contribution in [0.4, 0.5) is 0 Å². The maximum atomic E-state index is 12.9. The summed E-state index contributed by atoms with van der Waals surface area (Å²) in [6.45, 7) is 1.71. The first-order chi connectivity index (χ1) is 11.3. The van der Waals surface area contributed by atoms with Crippen molar-refractivity contribution in [1.82, 2.24) is 14.5 Å². The molecule has 0 radical (unpaired) electrons. The van der Waals surface area contributed by atoms with Crippen molar-refractivity contribution in [2.75, 3.05) is 14.1 Å². The summed E-state index contributed by atoms with van der Waals surface area (Å²) in [5, 5.41) is 0.856. The van der Waals surface area contributed by atoms with E-state index in [1.807, 2.05) is 0 Å². The van der Waals surface area contributed by atoms with E-state index in [0.29, 0.717) is 31.4 Å². The summed E-state index contributed by atoms with van der Waals surface area (Å²) < 4.78 is 1.04. The molecule has 6 nitrogen and oxygen atoms in total. The van der Waals surface area contributed by atoms with Crippen molar-refractivity contribution in [3.8, 4) is 5.69 Å². The number of fused-ring (bicyclic) bond motifs is 1. The van der Waals surface area contributed by atoms with Gasteiger partial charge in [0.05, 0.1) is 16.0 Å². The highest BCUT2D eigenvalue weighted by atomic mass is 35.5. The van der Waals surface area contributed by atoms with Crippen LogP contribution in [0, 0.1) is 6.92 Å². The molecule has 0 fully saturated rings. The minimum atomic E-state index is -0.556. The van der Waals surface area contributed by atoms with Crippen LogP contribution in [0.5, 0.6) is 0 Å². The molecule has 0 saturated carbocycles. The largest absolute Gasteiger partial charge is 0.344 e. The number of rotatable bonds is 2. The summed E-state index contributed by atoms with van der Waals surface area (Å²) in [5.41, 5.74) is -0.0288. The van der Waals surface area contributed by atoms with Crippen molar-refractivity contribution in [2.45, 2.75) is 6.92 Å². The number of aryl methyl sites for hydroxylation is 1. The highest BCUT2D eigenvalue weighted by molar-refractivity contribution is 7.20. The van der Waals surface area contributed by atoms with E-state index in [-0.39, 0.29) is 5.91 Å². The number of thiophene rings is 1. The fourth-order valence-corrected chi connectivity index (χ4v) is 3.78. The molecule has 2 heterocycles. The van der Waals surface area contributed by atoms with Crippen LogP contribution in [-0.4, -0.2) is 34.5 Å². The molecule has 24 heavy (non-hydrogen) atoms. The van der Waals surface area contributed by atoms with Crippen LogP contribution in [0.3, 0.4) is 0 Å². The fourth-order valence-electron chi connectivity index (χ4n) is 2.45. The van der Waals surface area contributed by atoms with E-state index in [4.69, 9.17) is 11.6 Å². The number of H-pyrrole nitrogens is 1. The molecule has 1 N–H and O–H groups in total. The number of hydrogen-bond donors (Lipinski definition) is 1. The number of hydrogen-bond acceptors (Lipinski definition) is 4. The molecule has 3 aromatic rings. The zero-order chi connectivity index (χ0) is 17.6. The molecule has 1 aromatic carbocycles. The lowest BCUT2D eigenvalue weighted by atomic mass is 10.2. The number of nitrogens with zero attached hydrogens (tertiary/aromatic N) is 2. The number of nitrogens with one attached hydrogen (secondary N) is 1. The summed E-state index contributed by atoms with van der Waals surface area (Å²) in [5.74, 6) is -0.202. The van der Waals surface area contributed by atoms with Crippen LogP contribution in [-0.2, 0) is 0 Å². The Morgan fingerprint density at radius 3 is 2.42 bits per heavy atom. The molecule has 0 aliphatic heterocycles. The highest BCUT2D eigenvalue weighted by Gasteiger charge is 2.21. The van der Waals surface area contributed by atoms with Gasteiger partial charge in [-0.15, -0.1) is 11.3 Å². The van der Waals surface area contributed by atoms with Gasteiger partial charge in [-0.05, 0) is 36.8 Å². The lowest BCUT2D eigenvalue weighted by Gasteiger charge is -2.08. The number of aromatic nitrogens is 2. The highest BCUT2D eigenvalue weighted by Crippen LogP contribution is 2.27. The summed E-state index contributed by atoms with van der Waals surface area (Å²) in [6, 6.07) is 6.40. The van der Waals surface area contributed by atoms with Gasteiger partial charge in [0.15, 0.2) is 0 Å². The summed E-state index contributed by atoms with van der Waals surface area (Å²) in [7, 11) is 3.28. The Labute approximate surface area is 145 Å². The second kappa shape index (κ2) is 5.92. The van der Waals surface area contributed by atoms with Crippen molar-refractivity contribution >= 4 is 39.1 Å². The lowest BCUT2D eigenvalue weighted by molar-refractivity contribution is 0.0831. The van der Waals surface area contributed by atoms with Crippen LogP contribution in [0.25, 0.3) is 15.9 Å². The number of amides is 1. The third kappa shape index (κ3) is 2.55. The Morgan fingerprint density at radius 1 is 1.21 bits per heavy atom. The lowest BCUT2D eigenvalue weighted by Crippen LogP contribution is -2.33. The average Bonchev–Trinajstić information content (AvgIpc) is 2.85. The maximum Gasteiger partial charge on any atom is 0.334 e. The summed E-state index contributed by atoms with van der Waals surface area (Å²) >= 11 is 6.97. The number of halogens is 1. The minimum Gasteiger partial charge on any atom is -0.344 e. The molecular formula is C16H14ClN3O3S. The van der Waals surface area contributed by atoms with E-state index >= 15 is 0 Å². The van der Waals surface area contributed by atoms with E-state index in [1.165, 1.54) is 4.90 Å². The van der Waals surface area contributed by atoms with Gasteiger partial charge < -0.3 is 4.90 Å². The Bertz CT molecular complexity index is 1060. The molecule has 124 valence electrons. The molecule has 0 aliphatic rings. The van der Waals surface area contributed by atoms with Gasteiger partial charge in [-0.2, -0.15) is 0 Å². The first kappa shape index (κ1) is 16.5. The molecule has 0 spiro atoms. The normalized spacial score (nSPS) is 11.0. The van der Waals surface area contributed by atoms with Gasteiger partial charge >= 0.3 is 5.69 Å². The van der Waals surface area contributed by atoms with Crippen LogP contribution >= 0.6 is 22.9 Å². The molecule has 8 heteroatoms. The third-order valence-electron chi connectivity index (χ3n) is 3.67. The van der Waals surface area contributed by atoms with Gasteiger partial charge in [0.2, 0.25) is 0 Å². The minimum absolute atomic E-state index is 0.202. The van der Waals surface area contributed by atoms with Crippen molar-refractivity contribution in [3.63, 3.8) is 0 Å². The van der Waals surface area contributed by atoms with Gasteiger partial charge in [0.1, 0.15) is 4.83 Å². The number of carbonyl (C=O) groups excluding carboxylic acids is 1. The zero-order valence-corrected chi connectivity index (χ0v) is 14.8. The smallest absolute Gasteiger partial charge is 0.334 e. The van der Waals surface area contributed by atoms with E-state index < -0.39 is 11.2 Å². The molecule has 0 atom stereocenters. The van der Waals surface area contributed by atoms with Crippen molar-refractivity contribution in [3.05, 3.63) is 60.6 Å². The van der Waals surface area contributed by atoms with E-state index in [2.05, 4.69) is 4.98 Å². The van der Waals surface area contributed by atoms with Crippen molar-refractivity contribution < 1.29 is 4.79 Å². The van der Waals surface area contributed by atoms with E-state index in [0.717, 1.165) is 15.9 Å². The predicted molar refractivity (Wildman–Crippen MR) is 95.8 cm³/mol. The van der Waals surface area contributed by atoms with Crippen LogP contribution in [0.1, 0.15) is 15.2 Å². The maximum absolute atomic E-state index is 12.9. The Kier molecular flexibility index (Phi) is 4.06. The Morgan fingerprint density at radius 2 is 1.83 bits per heavy atom. The van der Waals surface area contributed by atoms with Crippen molar-refractivity contribution in [2.24, 2.45) is 0 Å². The molecule has 2 aromatic heterocycles. The molecule has 0 bridgehead atoms. The third-order valence-corrected chi connectivity index (χ3v) is 5.12. The second-order valence-electron chi connectivity index (χ2n) is 5.51. The van der Waals surface area contributed by atoms with Gasteiger partial charge in [0, 0.05) is 19.1 Å².